The fraction of sp³-hybridized carbons (Fsp3) is 0.0714. The third-order valence-corrected chi connectivity index (χ3v) is 7.70. The lowest BCUT2D eigenvalue weighted by molar-refractivity contribution is -0.137. The normalized spacial score (nSPS) is 13.9. The molecular weight excluding hydrogens is 514 g/mol. The van der Waals surface area contributed by atoms with Crippen LogP contribution in [0.25, 0.3) is 16.1 Å². The topological polar surface area (TPSA) is 79.2 Å². The van der Waals surface area contributed by atoms with Crippen molar-refractivity contribution in [2.75, 3.05) is 11.7 Å². The molecule has 0 fully saturated rings. The number of hydrogen-bond acceptors (Lipinski definition) is 4. The van der Waals surface area contributed by atoms with Gasteiger partial charge in [-0.25, -0.2) is 4.79 Å². The van der Waals surface area contributed by atoms with E-state index in [-0.39, 0.29) is 12.2 Å². The molecule has 0 spiro atoms. The fourth-order valence-corrected chi connectivity index (χ4v) is 6.00. The zero-order chi connectivity index (χ0) is 26.0. The summed E-state index contributed by atoms with van der Waals surface area (Å²) in [5, 5.41) is 12.9. The summed E-state index contributed by atoms with van der Waals surface area (Å²) in [7, 11) is -3.44. The molecule has 1 N–H and O–H groups in total. The number of carbonyl (C=O) groups is 1. The lowest BCUT2D eigenvalue weighted by Crippen LogP contribution is -2.05. The maximum absolute atomic E-state index is 14.1. The highest BCUT2D eigenvalue weighted by atomic mass is 35.5. The van der Waals surface area contributed by atoms with Crippen LogP contribution in [0, 0.1) is 11.3 Å². The molecule has 0 saturated heterocycles. The van der Waals surface area contributed by atoms with Crippen molar-refractivity contribution in [2.24, 2.45) is 0 Å². The van der Waals surface area contributed by atoms with Crippen molar-refractivity contribution in [1.29, 1.82) is 5.26 Å². The standard InChI is InChI=1S/C28H23Cl2N2O3P/c1-2-35-28(33)24(18-31)17-21-13-15-25(16-14-21)32-36(34,19-26(29)22-9-5-3-6-10-22)20-27(30)23-11-7-4-8-12-23/h3-17,19-20H,2H2,1H3,(H,32,34)/b24-17+,26-19-,27-20?. The third-order valence-electron chi connectivity index (χ3n) is 4.85. The highest BCUT2D eigenvalue weighted by molar-refractivity contribution is 7.72. The van der Waals surface area contributed by atoms with Gasteiger partial charge in [-0.05, 0) is 41.8 Å². The van der Waals surface area contributed by atoms with E-state index in [1.807, 2.05) is 66.7 Å². The van der Waals surface area contributed by atoms with Crippen LogP contribution in [-0.2, 0) is 14.1 Å². The van der Waals surface area contributed by atoms with Gasteiger partial charge in [-0.2, -0.15) is 5.26 Å². The van der Waals surface area contributed by atoms with Gasteiger partial charge >= 0.3 is 5.97 Å². The van der Waals surface area contributed by atoms with E-state index in [9.17, 15) is 14.6 Å². The van der Waals surface area contributed by atoms with Crippen LogP contribution in [0.15, 0.2) is 102 Å². The van der Waals surface area contributed by atoms with Crippen molar-refractivity contribution in [3.63, 3.8) is 0 Å². The Labute approximate surface area is 220 Å². The predicted octanol–water partition coefficient (Wildman–Crippen LogP) is 8.32. The van der Waals surface area contributed by atoms with E-state index in [4.69, 9.17) is 27.9 Å². The largest absolute Gasteiger partial charge is 0.462 e. The maximum Gasteiger partial charge on any atom is 0.348 e. The Hall–Kier alpha value is -3.55. The molecule has 0 aromatic heterocycles. The molecule has 0 bridgehead atoms. The molecule has 0 radical (unpaired) electrons. The summed E-state index contributed by atoms with van der Waals surface area (Å²) in [5.41, 5.74) is 2.46. The summed E-state index contributed by atoms with van der Waals surface area (Å²) in [4.78, 5) is 11.9. The van der Waals surface area contributed by atoms with Crippen molar-refractivity contribution in [3.05, 3.63) is 119 Å². The average Bonchev–Trinajstić information content (AvgIpc) is 2.89. The van der Waals surface area contributed by atoms with E-state index < -0.39 is 13.3 Å². The molecule has 0 aliphatic carbocycles. The van der Waals surface area contributed by atoms with Crippen LogP contribution in [0.3, 0.4) is 0 Å². The van der Waals surface area contributed by atoms with Gasteiger partial charge in [0, 0.05) is 17.3 Å². The van der Waals surface area contributed by atoms with Crippen LogP contribution in [0.1, 0.15) is 23.6 Å². The van der Waals surface area contributed by atoms with E-state index in [0.29, 0.717) is 32.4 Å². The smallest absolute Gasteiger partial charge is 0.348 e. The molecule has 0 saturated carbocycles. The molecule has 1 unspecified atom stereocenters. The van der Waals surface area contributed by atoms with Gasteiger partial charge in [-0.1, -0.05) is 96.0 Å². The molecule has 0 aliphatic heterocycles. The van der Waals surface area contributed by atoms with E-state index in [2.05, 4.69) is 5.09 Å². The SMILES string of the molecule is CCOC(=O)/C(C#N)=C/c1ccc(NP(=O)(C=C(Cl)c2ccccc2)/C=C(\Cl)c2ccccc2)cc1. The number of rotatable bonds is 9. The summed E-state index contributed by atoms with van der Waals surface area (Å²) in [6.45, 7) is 1.84. The maximum atomic E-state index is 14.1. The number of benzene rings is 3. The van der Waals surface area contributed by atoms with Gasteiger partial charge in [-0.3, -0.25) is 4.57 Å². The first kappa shape index (κ1) is 27.0. The van der Waals surface area contributed by atoms with Crippen molar-refractivity contribution < 1.29 is 14.1 Å². The van der Waals surface area contributed by atoms with E-state index >= 15 is 0 Å². The number of hydrogen-bond donors (Lipinski definition) is 1. The number of nitrogens with zero attached hydrogens (tertiary/aromatic N) is 1. The van der Waals surface area contributed by atoms with Crippen LogP contribution in [0.4, 0.5) is 5.69 Å². The molecule has 0 aliphatic rings. The van der Waals surface area contributed by atoms with Crippen LogP contribution in [0.5, 0.6) is 0 Å². The second-order valence-corrected chi connectivity index (χ2v) is 10.5. The fourth-order valence-electron chi connectivity index (χ4n) is 3.15. The first-order chi connectivity index (χ1) is 17.3. The van der Waals surface area contributed by atoms with Crippen molar-refractivity contribution in [1.82, 2.24) is 0 Å². The summed E-state index contributed by atoms with van der Waals surface area (Å²) >= 11 is 13.1. The lowest BCUT2D eigenvalue weighted by Gasteiger charge is -2.16. The number of esters is 1. The van der Waals surface area contributed by atoms with Crippen LogP contribution < -0.4 is 5.09 Å². The molecule has 36 heavy (non-hydrogen) atoms. The van der Waals surface area contributed by atoms with Gasteiger partial charge in [0.2, 0.25) is 7.29 Å². The Morgan fingerprint density at radius 2 is 1.42 bits per heavy atom. The highest BCUT2D eigenvalue weighted by Gasteiger charge is 2.20. The zero-order valence-electron chi connectivity index (χ0n) is 19.4. The summed E-state index contributed by atoms with van der Waals surface area (Å²) in [6, 6.07) is 27.0. The van der Waals surface area contributed by atoms with Crippen molar-refractivity contribution in [2.45, 2.75) is 6.92 Å². The average molecular weight is 537 g/mol. The summed E-state index contributed by atoms with van der Waals surface area (Å²) in [5.74, 6) is 2.25. The second-order valence-electron chi connectivity index (χ2n) is 7.52. The molecule has 3 aromatic carbocycles. The summed E-state index contributed by atoms with van der Waals surface area (Å²) in [6.07, 6.45) is 1.43. The number of halogens is 2. The predicted molar refractivity (Wildman–Crippen MR) is 148 cm³/mol. The molecule has 182 valence electrons. The quantitative estimate of drug-likeness (QED) is 0.129. The van der Waals surface area contributed by atoms with E-state index in [0.717, 1.165) is 0 Å². The highest BCUT2D eigenvalue weighted by Crippen LogP contribution is 2.53. The van der Waals surface area contributed by atoms with E-state index in [1.54, 1.807) is 31.2 Å². The minimum absolute atomic E-state index is 0.113. The van der Waals surface area contributed by atoms with Gasteiger partial charge in [-0.15, -0.1) is 0 Å². The second kappa shape index (κ2) is 13.0. The minimum Gasteiger partial charge on any atom is -0.462 e. The van der Waals surface area contributed by atoms with Crippen LogP contribution in [0.2, 0.25) is 0 Å². The van der Waals surface area contributed by atoms with Gasteiger partial charge < -0.3 is 9.82 Å². The van der Waals surface area contributed by atoms with Gasteiger partial charge in [0.15, 0.2) is 0 Å². The lowest BCUT2D eigenvalue weighted by atomic mass is 10.1. The van der Waals surface area contributed by atoms with E-state index in [1.165, 1.54) is 17.7 Å². The molecule has 0 heterocycles. The molecule has 3 rings (SSSR count). The third kappa shape index (κ3) is 7.73. The van der Waals surface area contributed by atoms with Gasteiger partial charge in [0.05, 0.1) is 16.7 Å². The number of carbonyl (C=O) groups excluding carboxylic acids is 1. The number of ether oxygens (including phenoxy) is 1. The van der Waals surface area contributed by atoms with Gasteiger partial charge in [0.1, 0.15) is 11.6 Å². The Morgan fingerprint density at radius 3 is 1.86 bits per heavy atom. The first-order valence-corrected chi connectivity index (χ1v) is 13.6. The van der Waals surface area contributed by atoms with Crippen molar-refractivity contribution >= 4 is 58.3 Å². The van der Waals surface area contributed by atoms with Crippen LogP contribution in [-0.4, -0.2) is 12.6 Å². The number of nitriles is 1. The molecule has 1 atom stereocenters. The Kier molecular flexibility index (Phi) is 9.73. The molecule has 0 amide bonds. The Balaban J connectivity index is 1.95. The zero-order valence-corrected chi connectivity index (χ0v) is 21.8. The number of anilines is 1. The molecular formula is C28H23Cl2N2O3P. The molecule has 3 aromatic rings. The minimum atomic E-state index is -3.44. The molecule has 8 heteroatoms. The number of nitrogens with one attached hydrogen (secondary N) is 1. The molecule has 5 nitrogen and oxygen atoms in total. The van der Waals surface area contributed by atoms with Gasteiger partial charge in [0.25, 0.3) is 0 Å². The Morgan fingerprint density at radius 1 is 0.917 bits per heavy atom. The Bertz CT molecular complexity index is 1320. The first-order valence-electron chi connectivity index (χ1n) is 11.0. The summed E-state index contributed by atoms with van der Waals surface area (Å²) < 4.78 is 19.0. The monoisotopic (exact) mass is 536 g/mol. The van der Waals surface area contributed by atoms with Crippen LogP contribution >= 0.6 is 30.5 Å². The van der Waals surface area contributed by atoms with Crippen molar-refractivity contribution in [3.8, 4) is 6.07 Å².